The molecule has 2 rings (SSSR count). The first kappa shape index (κ1) is 11.6. The van der Waals surface area contributed by atoms with Gasteiger partial charge in [0.15, 0.2) is 5.79 Å². The zero-order chi connectivity index (χ0) is 11.8. The minimum Gasteiger partial charge on any atom is -0.390 e. The lowest BCUT2D eigenvalue weighted by molar-refractivity contribution is -0.283. The molecule has 2 N–H and O–H groups in total. The van der Waals surface area contributed by atoms with E-state index < -0.39 is 18.0 Å². The van der Waals surface area contributed by atoms with E-state index >= 15 is 0 Å². The first-order valence-corrected chi connectivity index (χ1v) is 5.63. The Morgan fingerprint density at radius 1 is 1.31 bits per heavy atom. The van der Waals surface area contributed by atoms with Crippen LogP contribution in [0.4, 0.5) is 0 Å². The molecule has 0 unspecified atom stereocenters. The summed E-state index contributed by atoms with van der Waals surface area (Å²) in [6.45, 7) is 3.57. The van der Waals surface area contributed by atoms with E-state index in [1.54, 1.807) is 6.92 Å². The molecular formula is C13H18O3. The van der Waals surface area contributed by atoms with E-state index in [1.807, 2.05) is 37.3 Å². The van der Waals surface area contributed by atoms with Gasteiger partial charge in [-0.05, 0) is 18.4 Å². The van der Waals surface area contributed by atoms with Crippen molar-refractivity contribution in [1.29, 1.82) is 0 Å². The summed E-state index contributed by atoms with van der Waals surface area (Å²) in [5, 5.41) is 20.0. The predicted octanol–water partition coefficient (Wildman–Crippen LogP) is 1.85. The van der Waals surface area contributed by atoms with E-state index in [2.05, 4.69) is 0 Å². The number of benzene rings is 1. The molecular weight excluding hydrogens is 204 g/mol. The van der Waals surface area contributed by atoms with Crippen LogP contribution in [-0.2, 0) is 4.74 Å². The van der Waals surface area contributed by atoms with Crippen molar-refractivity contribution < 1.29 is 14.9 Å². The number of ether oxygens (including phenoxy) is 1. The van der Waals surface area contributed by atoms with Crippen molar-refractivity contribution in [2.45, 2.75) is 38.3 Å². The largest absolute Gasteiger partial charge is 0.390 e. The Balaban J connectivity index is 2.26. The monoisotopic (exact) mass is 222 g/mol. The van der Waals surface area contributed by atoms with E-state index in [0.717, 1.165) is 5.56 Å². The minimum absolute atomic E-state index is 0.0222. The summed E-state index contributed by atoms with van der Waals surface area (Å²) in [4.78, 5) is 0. The Morgan fingerprint density at radius 2 is 1.94 bits per heavy atom. The predicted molar refractivity (Wildman–Crippen MR) is 60.7 cm³/mol. The Morgan fingerprint density at radius 3 is 2.56 bits per heavy atom. The first-order valence-electron chi connectivity index (χ1n) is 5.63. The summed E-state index contributed by atoms with van der Waals surface area (Å²) in [5.41, 5.74) is 0.904. The van der Waals surface area contributed by atoms with Crippen molar-refractivity contribution >= 4 is 0 Å². The van der Waals surface area contributed by atoms with Gasteiger partial charge in [0.05, 0.1) is 6.10 Å². The number of aliphatic hydroxyl groups is 2. The zero-order valence-corrected chi connectivity index (χ0v) is 9.63. The van der Waals surface area contributed by atoms with Crippen molar-refractivity contribution in [3.05, 3.63) is 35.9 Å². The summed E-state index contributed by atoms with van der Waals surface area (Å²) in [6.07, 6.45) is -0.556. The third kappa shape index (κ3) is 2.26. The minimum atomic E-state index is -1.15. The fourth-order valence-electron chi connectivity index (χ4n) is 2.32. The van der Waals surface area contributed by atoms with Gasteiger partial charge < -0.3 is 14.9 Å². The summed E-state index contributed by atoms with van der Waals surface area (Å²) < 4.78 is 5.55. The second-order valence-corrected chi connectivity index (χ2v) is 4.80. The van der Waals surface area contributed by atoms with Crippen LogP contribution in [0.2, 0.25) is 0 Å². The first-order chi connectivity index (χ1) is 7.49. The van der Waals surface area contributed by atoms with E-state index in [4.69, 9.17) is 4.74 Å². The van der Waals surface area contributed by atoms with Crippen LogP contribution in [0, 0.1) is 5.92 Å². The summed E-state index contributed by atoms with van der Waals surface area (Å²) in [5.74, 6) is -1.13. The lowest BCUT2D eigenvalue weighted by Crippen LogP contribution is -2.45. The molecule has 0 spiro atoms. The molecule has 0 aromatic heterocycles. The maximum Gasteiger partial charge on any atom is 0.163 e. The third-order valence-electron chi connectivity index (χ3n) is 3.10. The van der Waals surface area contributed by atoms with Gasteiger partial charge in [-0.3, -0.25) is 0 Å². The highest BCUT2D eigenvalue weighted by atomic mass is 16.6. The molecule has 0 amide bonds. The maximum absolute atomic E-state index is 10.1. The second-order valence-electron chi connectivity index (χ2n) is 4.80. The van der Waals surface area contributed by atoms with Crippen LogP contribution in [0.15, 0.2) is 30.3 Å². The number of aliphatic hydroxyl groups excluding tert-OH is 1. The van der Waals surface area contributed by atoms with Crippen molar-refractivity contribution in [1.82, 2.24) is 0 Å². The van der Waals surface area contributed by atoms with Crippen LogP contribution in [0.25, 0.3) is 0 Å². The highest BCUT2D eigenvalue weighted by Crippen LogP contribution is 2.38. The Labute approximate surface area is 95.7 Å². The fraction of sp³-hybridized carbons (Fsp3) is 0.538. The number of hydrogen-bond donors (Lipinski definition) is 2. The van der Waals surface area contributed by atoms with Crippen molar-refractivity contribution in [2.75, 3.05) is 0 Å². The molecule has 1 aliphatic rings. The van der Waals surface area contributed by atoms with E-state index in [0.29, 0.717) is 6.42 Å². The molecule has 1 aliphatic heterocycles. The average molecular weight is 222 g/mol. The summed E-state index contributed by atoms with van der Waals surface area (Å²) in [7, 11) is 0. The molecule has 1 aromatic rings. The molecule has 3 heteroatoms. The molecule has 0 saturated carbocycles. The normalized spacial score (nSPS) is 39.6. The molecule has 16 heavy (non-hydrogen) atoms. The lowest BCUT2D eigenvalue weighted by atomic mass is 9.86. The average Bonchev–Trinajstić information content (AvgIpc) is 2.24. The molecule has 0 radical (unpaired) electrons. The molecule has 3 nitrogen and oxygen atoms in total. The molecule has 1 heterocycles. The molecule has 1 fully saturated rings. The zero-order valence-electron chi connectivity index (χ0n) is 9.63. The van der Waals surface area contributed by atoms with Crippen molar-refractivity contribution in [3.8, 4) is 0 Å². The molecule has 0 bridgehead atoms. The third-order valence-corrected chi connectivity index (χ3v) is 3.10. The molecule has 0 aliphatic carbocycles. The van der Waals surface area contributed by atoms with Gasteiger partial charge in [-0.2, -0.15) is 0 Å². The van der Waals surface area contributed by atoms with Crippen LogP contribution in [0.5, 0.6) is 0 Å². The lowest BCUT2D eigenvalue weighted by Gasteiger charge is -2.41. The van der Waals surface area contributed by atoms with Crippen molar-refractivity contribution in [3.63, 3.8) is 0 Å². The highest BCUT2D eigenvalue weighted by molar-refractivity contribution is 5.19. The van der Waals surface area contributed by atoms with Gasteiger partial charge in [0.25, 0.3) is 0 Å². The van der Waals surface area contributed by atoms with Crippen molar-refractivity contribution in [2.24, 2.45) is 5.92 Å². The Kier molecular flexibility index (Phi) is 3.02. The van der Waals surface area contributed by atoms with E-state index in [-0.39, 0.29) is 5.92 Å². The molecule has 1 aromatic carbocycles. The smallest absolute Gasteiger partial charge is 0.163 e. The molecule has 4 atom stereocenters. The summed E-state index contributed by atoms with van der Waals surface area (Å²) in [6, 6.07) is 9.53. The van der Waals surface area contributed by atoms with Gasteiger partial charge in [0, 0.05) is 6.42 Å². The van der Waals surface area contributed by atoms with Crippen LogP contribution < -0.4 is 0 Å². The fourth-order valence-corrected chi connectivity index (χ4v) is 2.32. The van der Waals surface area contributed by atoms with E-state index in [9.17, 15) is 10.2 Å². The van der Waals surface area contributed by atoms with Gasteiger partial charge >= 0.3 is 0 Å². The molecule has 88 valence electrons. The molecule has 1 saturated heterocycles. The highest BCUT2D eigenvalue weighted by Gasteiger charge is 2.41. The van der Waals surface area contributed by atoms with Gasteiger partial charge in [-0.15, -0.1) is 0 Å². The number of rotatable bonds is 1. The topological polar surface area (TPSA) is 49.7 Å². The summed E-state index contributed by atoms with van der Waals surface area (Å²) >= 11 is 0. The van der Waals surface area contributed by atoms with Crippen LogP contribution in [0.1, 0.15) is 31.9 Å². The van der Waals surface area contributed by atoms with Crippen LogP contribution in [0.3, 0.4) is 0 Å². The standard InChI is InChI=1S/C13H18O3/c1-9-8-13(2,15)16-12(11(9)14)10-6-4-3-5-7-10/h3-7,9,11-12,14-15H,8H2,1-2H3/t9-,11+,12+,13-/m0/s1. The SMILES string of the molecule is C[C@H]1C[C@@](C)(O)O[C@H](c2ccccc2)[C@@H]1O. The quantitative estimate of drug-likeness (QED) is 0.762. The van der Waals surface area contributed by atoms with Crippen LogP contribution >= 0.6 is 0 Å². The number of hydrogen-bond acceptors (Lipinski definition) is 3. The van der Waals surface area contributed by atoms with Gasteiger partial charge in [-0.1, -0.05) is 37.3 Å². The maximum atomic E-state index is 10.1. The second kappa shape index (κ2) is 4.17. The Hall–Kier alpha value is -0.900. The van der Waals surface area contributed by atoms with E-state index in [1.165, 1.54) is 0 Å². The van der Waals surface area contributed by atoms with Crippen LogP contribution in [-0.4, -0.2) is 22.1 Å². The van der Waals surface area contributed by atoms with Gasteiger partial charge in [0.1, 0.15) is 6.10 Å². The van der Waals surface area contributed by atoms with Gasteiger partial charge in [0.2, 0.25) is 0 Å². The Bertz CT molecular complexity index is 347. The van der Waals surface area contributed by atoms with Gasteiger partial charge in [-0.25, -0.2) is 0 Å².